The molecule has 0 spiro atoms. The Morgan fingerprint density at radius 2 is 2.06 bits per heavy atom. The van der Waals surface area contributed by atoms with Gasteiger partial charge in [0.2, 0.25) is 5.88 Å². The first-order valence-electron chi connectivity index (χ1n) is 4.77. The van der Waals surface area contributed by atoms with Crippen molar-refractivity contribution in [2.45, 2.75) is 0 Å². The molecule has 0 fully saturated rings. The lowest BCUT2D eigenvalue weighted by Crippen LogP contribution is -1.98. The van der Waals surface area contributed by atoms with Gasteiger partial charge in [-0.1, -0.05) is 11.6 Å². The summed E-state index contributed by atoms with van der Waals surface area (Å²) in [5, 5.41) is 0.528. The minimum atomic E-state index is -0.536. The number of ether oxygens (including phenoxy) is 2. The van der Waals surface area contributed by atoms with Crippen LogP contribution in [0.1, 0.15) is 9.67 Å². The lowest BCUT2D eigenvalue weighted by Gasteiger charge is -2.01. The van der Waals surface area contributed by atoms with Crippen molar-refractivity contribution in [2.24, 2.45) is 0 Å². The van der Waals surface area contributed by atoms with Gasteiger partial charge in [0.05, 0.1) is 14.2 Å². The van der Waals surface area contributed by atoms with E-state index in [2.05, 4.69) is 19.7 Å². The molecule has 2 aromatic rings. The van der Waals surface area contributed by atoms with Crippen LogP contribution >= 0.6 is 22.9 Å². The van der Waals surface area contributed by atoms with Crippen LogP contribution in [-0.2, 0) is 4.74 Å². The molecular weight excluding hydrogens is 278 g/mol. The number of aromatic nitrogens is 3. The summed E-state index contributed by atoms with van der Waals surface area (Å²) in [4.78, 5) is 23.8. The zero-order valence-corrected chi connectivity index (χ0v) is 11.1. The molecule has 0 saturated carbocycles. The van der Waals surface area contributed by atoms with E-state index in [0.717, 1.165) is 11.3 Å². The molecule has 18 heavy (non-hydrogen) atoms. The maximum atomic E-state index is 11.4. The summed E-state index contributed by atoms with van der Waals surface area (Å²) in [7, 11) is 2.75. The Hall–Kier alpha value is -1.73. The summed E-state index contributed by atoms with van der Waals surface area (Å²) in [5.41, 5.74) is 0.432. The summed E-state index contributed by atoms with van der Waals surface area (Å²) >= 11 is 6.95. The van der Waals surface area contributed by atoms with Crippen molar-refractivity contribution in [3.8, 4) is 16.6 Å². The Morgan fingerprint density at radius 1 is 1.33 bits per heavy atom. The van der Waals surface area contributed by atoms with Gasteiger partial charge in [-0.3, -0.25) is 0 Å². The second-order valence-electron chi connectivity index (χ2n) is 3.04. The number of methoxy groups -OCH3 is 2. The molecule has 0 aliphatic heterocycles. The van der Waals surface area contributed by atoms with E-state index < -0.39 is 5.97 Å². The average molecular weight is 286 g/mol. The van der Waals surface area contributed by atoms with E-state index in [1.807, 2.05) is 0 Å². The van der Waals surface area contributed by atoms with Crippen molar-refractivity contribution >= 4 is 28.9 Å². The molecule has 8 heteroatoms. The molecule has 0 aromatic carbocycles. The summed E-state index contributed by atoms with van der Waals surface area (Å²) in [6, 6.07) is 0. The molecule has 0 aliphatic carbocycles. The fourth-order valence-electron chi connectivity index (χ4n) is 1.24. The second kappa shape index (κ2) is 5.28. The highest BCUT2D eigenvalue weighted by Gasteiger charge is 2.21. The summed E-state index contributed by atoms with van der Waals surface area (Å²) < 4.78 is 9.67. The zero-order valence-electron chi connectivity index (χ0n) is 9.51. The van der Waals surface area contributed by atoms with Crippen LogP contribution in [0.15, 0.2) is 12.4 Å². The molecule has 0 bridgehead atoms. The number of esters is 1. The molecule has 0 atom stereocenters. The van der Waals surface area contributed by atoms with Crippen molar-refractivity contribution in [3.05, 3.63) is 22.4 Å². The summed E-state index contributed by atoms with van der Waals surface area (Å²) in [6.07, 6.45) is 3.00. The number of thiazole rings is 1. The SMILES string of the molecule is COC(=O)c1sc(-c2nccnc2OC)nc1Cl. The van der Waals surface area contributed by atoms with Crippen LogP contribution in [0.3, 0.4) is 0 Å². The van der Waals surface area contributed by atoms with Gasteiger partial charge in [-0.25, -0.2) is 19.7 Å². The average Bonchev–Trinajstić information content (AvgIpc) is 2.79. The van der Waals surface area contributed by atoms with Gasteiger partial charge < -0.3 is 9.47 Å². The highest BCUT2D eigenvalue weighted by Crippen LogP contribution is 2.33. The van der Waals surface area contributed by atoms with Gasteiger partial charge in [0.15, 0.2) is 15.7 Å². The van der Waals surface area contributed by atoms with Crippen LogP contribution in [-0.4, -0.2) is 35.1 Å². The zero-order chi connectivity index (χ0) is 13.1. The number of carbonyl (C=O) groups excluding carboxylic acids is 1. The molecule has 2 aromatic heterocycles. The van der Waals surface area contributed by atoms with Crippen molar-refractivity contribution in [2.75, 3.05) is 14.2 Å². The van der Waals surface area contributed by atoms with Crippen molar-refractivity contribution in [1.82, 2.24) is 15.0 Å². The van der Waals surface area contributed by atoms with Gasteiger partial charge in [-0.05, 0) is 0 Å². The summed E-state index contributed by atoms with van der Waals surface area (Å²) in [6.45, 7) is 0. The number of halogens is 1. The van der Waals surface area contributed by atoms with Gasteiger partial charge in [0.1, 0.15) is 5.01 Å². The normalized spacial score (nSPS) is 10.2. The quantitative estimate of drug-likeness (QED) is 0.804. The maximum absolute atomic E-state index is 11.4. The topological polar surface area (TPSA) is 74.2 Å². The van der Waals surface area contributed by atoms with Crippen molar-refractivity contribution in [3.63, 3.8) is 0 Å². The number of hydrogen-bond acceptors (Lipinski definition) is 7. The first-order valence-corrected chi connectivity index (χ1v) is 5.96. The largest absolute Gasteiger partial charge is 0.479 e. The molecule has 0 radical (unpaired) electrons. The highest BCUT2D eigenvalue weighted by molar-refractivity contribution is 7.17. The Balaban J connectivity index is 2.49. The number of hydrogen-bond donors (Lipinski definition) is 0. The first kappa shape index (κ1) is 12.7. The molecule has 0 saturated heterocycles. The Bertz CT molecular complexity index is 587. The standard InChI is InChI=1S/C10H8ClN3O3S/c1-16-8-5(12-3-4-13-8)9-14-7(11)6(18-9)10(15)17-2/h3-4H,1-2H3. The van der Waals surface area contributed by atoms with Crippen molar-refractivity contribution < 1.29 is 14.3 Å². The number of rotatable bonds is 3. The third-order valence-electron chi connectivity index (χ3n) is 2.02. The van der Waals surface area contributed by atoms with E-state index in [0.29, 0.717) is 16.6 Å². The van der Waals surface area contributed by atoms with Gasteiger partial charge in [-0.2, -0.15) is 0 Å². The van der Waals surface area contributed by atoms with Crippen LogP contribution in [0, 0.1) is 0 Å². The predicted molar refractivity (Wildman–Crippen MR) is 66.0 cm³/mol. The molecule has 6 nitrogen and oxygen atoms in total. The molecule has 2 rings (SSSR count). The second-order valence-corrected chi connectivity index (χ2v) is 4.40. The van der Waals surface area contributed by atoms with Crippen molar-refractivity contribution in [1.29, 1.82) is 0 Å². The fourth-order valence-corrected chi connectivity index (χ4v) is 2.43. The van der Waals surface area contributed by atoms with Crippen LogP contribution in [0.4, 0.5) is 0 Å². The number of nitrogens with zero attached hydrogens (tertiary/aromatic N) is 3. The fraction of sp³-hybridized carbons (Fsp3) is 0.200. The molecule has 2 heterocycles. The van der Waals surface area contributed by atoms with Gasteiger partial charge >= 0.3 is 5.97 Å². The van der Waals surface area contributed by atoms with Crippen LogP contribution in [0.2, 0.25) is 5.15 Å². The van der Waals surface area contributed by atoms with E-state index in [4.69, 9.17) is 16.3 Å². The Labute approximate surface area is 112 Å². The van der Waals surface area contributed by atoms with E-state index in [1.54, 1.807) is 0 Å². The lowest BCUT2D eigenvalue weighted by atomic mass is 10.4. The summed E-state index contributed by atoms with van der Waals surface area (Å²) in [5.74, 6) is -0.217. The molecule has 0 aliphatic rings. The molecule has 0 unspecified atom stereocenters. The third-order valence-corrected chi connectivity index (χ3v) is 3.44. The van der Waals surface area contributed by atoms with Gasteiger partial charge in [-0.15, -0.1) is 11.3 Å². The van der Waals surface area contributed by atoms with Gasteiger partial charge in [0, 0.05) is 12.4 Å². The molecule has 0 amide bonds. The minimum absolute atomic E-state index is 0.0783. The monoisotopic (exact) mass is 285 g/mol. The van der Waals surface area contributed by atoms with Crippen LogP contribution < -0.4 is 4.74 Å². The minimum Gasteiger partial charge on any atom is -0.479 e. The van der Waals surface area contributed by atoms with E-state index in [1.165, 1.54) is 26.6 Å². The van der Waals surface area contributed by atoms with Gasteiger partial charge in [0.25, 0.3) is 0 Å². The Kier molecular flexibility index (Phi) is 3.73. The lowest BCUT2D eigenvalue weighted by molar-refractivity contribution is 0.0606. The molecular formula is C10H8ClN3O3S. The predicted octanol–water partition coefficient (Wildman–Crippen LogP) is 2.05. The maximum Gasteiger partial charge on any atom is 0.351 e. The molecule has 94 valence electrons. The van der Waals surface area contributed by atoms with E-state index >= 15 is 0 Å². The van der Waals surface area contributed by atoms with E-state index in [9.17, 15) is 4.79 Å². The van der Waals surface area contributed by atoms with Crippen LogP contribution in [0.5, 0.6) is 5.88 Å². The highest BCUT2D eigenvalue weighted by atomic mass is 35.5. The first-order chi connectivity index (χ1) is 8.67. The van der Waals surface area contributed by atoms with E-state index in [-0.39, 0.29) is 10.0 Å². The number of carbonyl (C=O) groups is 1. The smallest absolute Gasteiger partial charge is 0.351 e. The molecule has 0 N–H and O–H groups in total. The third kappa shape index (κ3) is 2.27. The van der Waals surface area contributed by atoms with Crippen LogP contribution in [0.25, 0.3) is 10.7 Å². The Morgan fingerprint density at radius 3 is 2.72 bits per heavy atom.